The van der Waals surface area contributed by atoms with E-state index in [4.69, 9.17) is 9.47 Å². The Morgan fingerprint density at radius 1 is 1.04 bits per heavy atom. The minimum atomic E-state index is -0.718. The van der Waals surface area contributed by atoms with Crippen molar-refractivity contribution in [2.75, 3.05) is 6.61 Å². The molecule has 1 aliphatic heterocycles. The molecule has 3 atom stereocenters. The summed E-state index contributed by atoms with van der Waals surface area (Å²) in [6.45, 7) is 2.03. The molecule has 0 amide bonds. The molecule has 1 saturated heterocycles. The molecule has 1 aliphatic rings. The average molecular weight is 339 g/mol. The van der Waals surface area contributed by atoms with Crippen molar-refractivity contribution in [3.63, 3.8) is 0 Å². The summed E-state index contributed by atoms with van der Waals surface area (Å²) in [7, 11) is 0. The highest BCUT2D eigenvalue weighted by atomic mass is 16.6. The van der Waals surface area contributed by atoms with Gasteiger partial charge in [0.05, 0.1) is 19.1 Å². The monoisotopic (exact) mass is 339 g/mol. The molecule has 130 valence electrons. The third-order valence-electron chi connectivity index (χ3n) is 4.17. The van der Waals surface area contributed by atoms with Gasteiger partial charge in [-0.15, -0.1) is 0 Å². The number of carbonyl (C=O) groups is 2. The summed E-state index contributed by atoms with van der Waals surface area (Å²) < 4.78 is 10.7. The van der Waals surface area contributed by atoms with Crippen molar-refractivity contribution < 1.29 is 19.1 Å². The number of benzene rings is 2. The highest BCUT2D eigenvalue weighted by Gasteiger charge is 2.39. The zero-order valence-electron chi connectivity index (χ0n) is 14.1. The van der Waals surface area contributed by atoms with Crippen molar-refractivity contribution in [1.82, 2.24) is 5.32 Å². The molecule has 0 aromatic heterocycles. The maximum Gasteiger partial charge on any atom is 0.324 e. The van der Waals surface area contributed by atoms with Crippen LogP contribution in [0.3, 0.4) is 0 Å². The molecule has 0 radical (unpaired) electrons. The van der Waals surface area contributed by atoms with Crippen LogP contribution in [-0.4, -0.2) is 24.6 Å². The van der Waals surface area contributed by atoms with E-state index in [1.165, 1.54) is 0 Å². The third-order valence-corrected chi connectivity index (χ3v) is 4.17. The van der Waals surface area contributed by atoms with Crippen molar-refractivity contribution in [1.29, 1.82) is 0 Å². The Labute approximate surface area is 147 Å². The molecule has 1 fully saturated rings. The molecule has 0 bridgehead atoms. The molecular formula is C20H21NO4. The van der Waals surface area contributed by atoms with Crippen LogP contribution in [0.2, 0.25) is 0 Å². The van der Waals surface area contributed by atoms with Gasteiger partial charge in [0, 0.05) is 0 Å². The summed E-state index contributed by atoms with van der Waals surface area (Å²) in [6.07, 6.45) is -0.494. The van der Waals surface area contributed by atoms with Gasteiger partial charge in [-0.1, -0.05) is 60.7 Å². The number of hydrogen-bond donors (Lipinski definition) is 1. The summed E-state index contributed by atoms with van der Waals surface area (Å²) in [6, 6.07) is 18.4. The van der Waals surface area contributed by atoms with Gasteiger partial charge < -0.3 is 9.47 Å². The van der Waals surface area contributed by atoms with Crippen molar-refractivity contribution in [3.05, 3.63) is 71.8 Å². The van der Waals surface area contributed by atoms with Crippen LogP contribution in [-0.2, 0) is 19.1 Å². The number of hydrogen-bond acceptors (Lipinski definition) is 5. The normalized spacial score (nSPS) is 22.9. The highest BCUT2D eigenvalue weighted by molar-refractivity contribution is 5.83. The zero-order valence-corrected chi connectivity index (χ0v) is 14.1. The van der Waals surface area contributed by atoms with Crippen LogP contribution in [0.15, 0.2) is 60.7 Å². The second-order valence-electron chi connectivity index (χ2n) is 5.88. The molecule has 5 heteroatoms. The SMILES string of the molecule is CCOC(=O)C[C@H]1N[C@H](c2ccccc2)[C@H](c2ccccc2)OC1=O. The van der Waals surface area contributed by atoms with E-state index in [9.17, 15) is 9.59 Å². The minimum Gasteiger partial charge on any atom is -0.466 e. The van der Waals surface area contributed by atoms with Crippen LogP contribution in [0.25, 0.3) is 0 Å². The first-order valence-corrected chi connectivity index (χ1v) is 8.41. The lowest BCUT2D eigenvalue weighted by Gasteiger charge is -2.37. The summed E-state index contributed by atoms with van der Waals surface area (Å²) in [5, 5.41) is 3.28. The zero-order chi connectivity index (χ0) is 17.6. The van der Waals surface area contributed by atoms with E-state index in [1.54, 1.807) is 6.92 Å². The number of morpholine rings is 1. The second-order valence-corrected chi connectivity index (χ2v) is 5.88. The number of cyclic esters (lactones) is 1. The van der Waals surface area contributed by atoms with Crippen molar-refractivity contribution in [2.24, 2.45) is 0 Å². The van der Waals surface area contributed by atoms with Crippen LogP contribution in [0, 0.1) is 0 Å². The molecule has 25 heavy (non-hydrogen) atoms. The molecule has 2 aromatic rings. The second kappa shape index (κ2) is 7.94. The Balaban J connectivity index is 1.87. The van der Waals surface area contributed by atoms with E-state index in [1.807, 2.05) is 60.7 Å². The summed E-state index contributed by atoms with van der Waals surface area (Å²) in [5.41, 5.74) is 1.91. The van der Waals surface area contributed by atoms with E-state index in [0.717, 1.165) is 11.1 Å². The predicted molar refractivity (Wildman–Crippen MR) is 92.6 cm³/mol. The van der Waals surface area contributed by atoms with Crippen molar-refractivity contribution >= 4 is 11.9 Å². The first-order valence-electron chi connectivity index (χ1n) is 8.41. The lowest BCUT2D eigenvalue weighted by molar-refractivity contribution is -0.164. The molecule has 5 nitrogen and oxygen atoms in total. The average Bonchev–Trinajstić information content (AvgIpc) is 2.65. The Morgan fingerprint density at radius 3 is 2.24 bits per heavy atom. The summed E-state index contributed by atoms with van der Waals surface area (Å²) >= 11 is 0. The third kappa shape index (κ3) is 4.06. The quantitative estimate of drug-likeness (QED) is 0.849. The Hall–Kier alpha value is -2.66. The van der Waals surface area contributed by atoms with Crippen LogP contribution in [0.1, 0.15) is 36.6 Å². The number of esters is 2. The van der Waals surface area contributed by atoms with Crippen LogP contribution >= 0.6 is 0 Å². The lowest BCUT2D eigenvalue weighted by Crippen LogP contribution is -2.49. The van der Waals surface area contributed by atoms with Crippen LogP contribution in [0.4, 0.5) is 0 Å². The van der Waals surface area contributed by atoms with E-state index < -0.39 is 24.1 Å². The van der Waals surface area contributed by atoms with E-state index >= 15 is 0 Å². The van der Waals surface area contributed by atoms with Gasteiger partial charge in [-0.05, 0) is 18.1 Å². The van der Waals surface area contributed by atoms with Gasteiger partial charge in [-0.25, -0.2) is 0 Å². The van der Waals surface area contributed by atoms with Crippen LogP contribution in [0.5, 0.6) is 0 Å². The van der Waals surface area contributed by atoms with Crippen molar-refractivity contribution in [2.45, 2.75) is 31.5 Å². The number of ether oxygens (including phenoxy) is 2. The largest absolute Gasteiger partial charge is 0.466 e. The fourth-order valence-electron chi connectivity index (χ4n) is 3.01. The molecule has 0 spiro atoms. The molecule has 0 aliphatic carbocycles. The minimum absolute atomic E-state index is 0.0441. The van der Waals surface area contributed by atoms with Gasteiger partial charge in [-0.2, -0.15) is 0 Å². The Bertz CT molecular complexity index is 717. The maximum absolute atomic E-state index is 12.4. The van der Waals surface area contributed by atoms with Gasteiger partial charge in [0.1, 0.15) is 12.1 Å². The molecule has 1 N–H and O–H groups in total. The van der Waals surface area contributed by atoms with Gasteiger partial charge in [0.15, 0.2) is 0 Å². The summed E-state index contributed by atoms with van der Waals surface area (Å²) in [4.78, 5) is 24.2. The van der Waals surface area contributed by atoms with Gasteiger partial charge in [-0.3, -0.25) is 14.9 Å². The fraction of sp³-hybridized carbons (Fsp3) is 0.300. The van der Waals surface area contributed by atoms with Crippen molar-refractivity contribution in [3.8, 4) is 0 Å². The first-order chi connectivity index (χ1) is 12.2. The number of carbonyl (C=O) groups excluding carboxylic acids is 2. The van der Waals surface area contributed by atoms with Gasteiger partial charge in [0.25, 0.3) is 0 Å². The Morgan fingerprint density at radius 2 is 1.64 bits per heavy atom. The standard InChI is InChI=1S/C20H21NO4/c1-2-24-17(22)13-16-20(23)25-19(15-11-7-4-8-12-15)18(21-16)14-9-5-3-6-10-14/h3-12,16,18-19,21H,2,13H2,1H3/t16-,18-,19+/m1/s1. The fourth-order valence-corrected chi connectivity index (χ4v) is 3.01. The maximum atomic E-state index is 12.4. The van der Waals surface area contributed by atoms with E-state index in [2.05, 4.69) is 5.32 Å². The predicted octanol–water partition coefficient (Wildman–Crippen LogP) is 2.94. The highest BCUT2D eigenvalue weighted by Crippen LogP contribution is 2.36. The van der Waals surface area contributed by atoms with Crippen LogP contribution < -0.4 is 5.32 Å². The number of rotatable bonds is 5. The first kappa shape index (κ1) is 17.2. The molecule has 3 rings (SSSR count). The summed E-state index contributed by atoms with van der Waals surface area (Å²) in [5.74, 6) is -0.851. The van der Waals surface area contributed by atoms with E-state index in [-0.39, 0.29) is 19.1 Å². The molecule has 2 aromatic carbocycles. The topological polar surface area (TPSA) is 64.6 Å². The van der Waals surface area contributed by atoms with Gasteiger partial charge >= 0.3 is 11.9 Å². The molecule has 0 unspecified atom stereocenters. The number of nitrogens with one attached hydrogen (secondary N) is 1. The molecule has 1 heterocycles. The molecule has 0 saturated carbocycles. The molecular weight excluding hydrogens is 318 g/mol. The lowest BCUT2D eigenvalue weighted by atomic mass is 9.92. The van der Waals surface area contributed by atoms with E-state index in [0.29, 0.717) is 0 Å². The smallest absolute Gasteiger partial charge is 0.324 e. The Kier molecular flexibility index (Phi) is 5.46. The van der Waals surface area contributed by atoms with Gasteiger partial charge in [0.2, 0.25) is 0 Å².